The number of piperidine rings is 1. The Morgan fingerprint density at radius 2 is 2.24 bits per heavy atom. The Hall–Kier alpha value is -1.59. The fourth-order valence-corrected chi connectivity index (χ4v) is 2.83. The molecule has 1 aromatic rings. The van der Waals surface area contributed by atoms with Gasteiger partial charge < -0.3 is 15.2 Å². The van der Waals surface area contributed by atoms with Gasteiger partial charge in [0.25, 0.3) is 0 Å². The molecular weight excluding hydrogens is 268 g/mol. The third kappa shape index (κ3) is 4.19. The van der Waals surface area contributed by atoms with Gasteiger partial charge in [-0.2, -0.15) is 0 Å². The summed E-state index contributed by atoms with van der Waals surface area (Å²) >= 11 is 0. The van der Waals surface area contributed by atoms with Crippen LogP contribution in [0.25, 0.3) is 0 Å². The van der Waals surface area contributed by atoms with Crippen molar-refractivity contribution in [1.82, 2.24) is 4.90 Å². The van der Waals surface area contributed by atoms with Crippen LogP contribution in [0.5, 0.6) is 5.75 Å². The summed E-state index contributed by atoms with van der Waals surface area (Å²) in [6.45, 7) is 4.22. The van der Waals surface area contributed by atoms with Gasteiger partial charge >= 0.3 is 0 Å². The lowest BCUT2D eigenvalue weighted by atomic mass is 9.83. The SMILES string of the molecule is COc1ccccc1NC(=O)CN1CCCC(C)(CO)C1. The first-order chi connectivity index (χ1) is 10.1. The maximum absolute atomic E-state index is 12.2. The third-order valence-electron chi connectivity index (χ3n) is 3.99. The molecule has 0 aromatic heterocycles. The van der Waals surface area contributed by atoms with Gasteiger partial charge in [-0.3, -0.25) is 9.69 Å². The molecule has 2 N–H and O–H groups in total. The molecule has 1 aliphatic rings. The van der Waals surface area contributed by atoms with Crippen LogP contribution >= 0.6 is 0 Å². The first-order valence-electron chi connectivity index (χ1n) is 7.32. The number of nitrogens with zero attached hydrogens (tertiary/aromatic N) is 1. The molecule has 1 amide bonds. The minimum atomic E-state index is -0.0943. The van der Waals surface area contributed by atoms with Gasteiger partial charge in [0.1, 0.15) is 5.75 Å². The van der Waals surface area contributed by atoms with Crippen LogP contribution in [0.15, 0.2) is 24.3 Å². The number of likely N-dealkylation sites (tertiary alicyclic amines) is 1. The number of benzene rings is 1. The number of carbonyl (C=O) groups excluding carboxylic acids is 1. The van der Waals surface area contributed by atoms with Crippen molar-refractivity contribution in [2.45, 2.75) is 19.8 Å². The second-order valence-corrected chi connectivity index (χ2v) is 6.03. The summed E-state index contributed by atoms with van der Waals surface area (Å²) in [7, 11) is 1.59. The predicted molar refractivity (Wildman–Crippen MR) is 82.5 cm³/mol. The average molecular weight is 292 g/mol. The van der Waals surface area contributed by atoms with Gasteiger partial charge in [-0.15, -0.1) is 0 Å². The second-order valence-electron chi connectivity index (χ2n) is 6.03. The fourth-order valence-electron chi connectivity index (χ4n) is 2.83. The van der Waals surface area contributed by atoms with Crippen molar-refractivity contribution >= 4 is 11.6 Å². The zero-order chi connectivity index (χ0) is 15.3. The number of amides is 1. The number of methoxy groups -OCH3 is 1. The molecule has 1 heterocycles. The highest BCUT2D eigenvalue weighted by Crippen LogP contribution is 2.28. The summed E-state index contributed by atoms with van der Waals surface area (Å²) in [6.07, 6.45) is 2.02. The van der Waals surface area contributed by atoms with Gasteiger partial charge in [-0.1, -0.05) is 19.1 Å². The average Bonchev–Trinajstić information content (AvgIpc) is 2.48. The van der Waals surface area contributed by atoms with E-state index in [2.05, 4.69) is 17.1 Å². The summed E-state index contributed by atoms with van der Waals surface area (Å²) in [6, 6.07) is 7.37. The molecule has 1 aliphatic heterocycles. The number of nitrogens with one attached hydrogen (secondary N) is 1. The van der Waals surface area contributed by atoms with E-state index in [1.54, 1.807) is 7.11 Å². The van der Waals surface area contributed by atoms with Crippen molar-refractivity contribution in [3.05, 3.63) is 24.3 Å². The van der Waals surface area contributed by atoms with E-state index in [0.717, 1.165) is 25.9 Å². The second kappa shape index (κ2) is 6.91. The van der Waals surface area contributed by atoms with Gasteiger partial charge in [-0.25, -0.2) is 0 Å². The lowest BCUT2D eigenvalue weighted by Gasteiger charge is -2.38. The smallest absolute Gasteiger partial charge is 0.238 e. The van der Waals surface area contributed by atoms with Crippen LogP contribution in [0.2, 0.25) is 0 Å². The Balaban J connectivity index is 1.92. The quantitative estimate of drug-likeness (QED) is 0.867. The Kier molecular flexibility index (Phi) is 5.20. The van der Waals surface area contributed by atoms with E-state index < -0.39 is 0 Å². The topological polar surface area (TPSA) is 61.8 Å². The molecule has 5 nitrogen and oxygen atoms in total. The Bertz CT molecular complexity index is 492. The zero-order valence-corrected chi connectivity index (χ0v) is 12.8. The van der Waals surface area contributed by atoms with Gasteiger partial charge in [0.2, 0.25) is 5.91 Å². The molecule has 1 unspecified atom stereocenters. The van der Waals surface area contributed by atoms with Crippen LogP contribution in [0.1, 0.15) is 19.8 Å². The molecule has 2 rings (SSSR count). The van der Waals surface area contributed by atoms with E-state index in [1.165, 1.54) is 0 Å². The lowest BCUT2D eigenvalue weighted by molar-refractivity contribution is -0.118. The number of rotatable bonds is 5. The van der Waals surface area contributed by atoms with Crippen LogP contribution in [-0.4, -0.2) is 49.3 Å². The van der Waals surface area contributed by atoms with Gasteiger partial charge in [-0.05, 0) is 31.5 Å². The highest BCUT2D eigenvalue weighted by Gasteiger charge is 2.31. The highest BCUT2D eigenvalue weighted by atomic mass is 16.5. The van der Waals surface area contributed by atoms with Crippen molar-refractivity contribution in [2.75, 3.05) is 38.7 Å². The largest absolute Gasteiger partial charge is 0.495 e. The molecular formula is C16H24N2O3. The molecule has 1 atom stereocenters. The van der Waals surface area contributed by atoms with Crippen molar-refractivity contribution in [1.29, 1.82) is 0 Å². The van der Waals surface area contributed by atoms with Gasteiger partial charge in [0.15, 0.2) is 0 Å². The number of carbonyl (C=O) groups is 1. The number of para-hydroxylation sites is 2. The normalized spacial score (nSPS) is 22.8. The van der Waals surface area contributed by atoms with E-state index >= 15 is 0 Å². The molecule has 1 fully saturated rings. The van der Waals surface area contributed by atoms with Crippen molar-refractivity contribution in [3.8, 4) is 5.75 Å². The molecule has 0 aliphatic carbocycles. The third-order valence-corrected chi connectivity index (χ3v) is 3.99. The monoisotopic (exact) mass is 292 g/mol. The van der Waals surface area contributed by atoms with Crippen LogP contribution in [-0.2, 0) is 4.79 Å². The lowest BCUT2D eigenvalue weighted by Crippen LogP contribution is -2.46. The zero-order valence-electron chi connectivity index (χ0n) is 12.8. The van der Waals surface area contributed by atoms with Gasteiger partial charge in [0, 0.05) is 18.6 Å². The number of aliphatic hydroxyl groups excluding tert-OH is 1. The van der Waals surface area contributed by atoms with Crippen LogP contribution in [0, 0.1) is 5.41 Å². The standard InChI is InChI=1S/C16H24N2O3/c1-16(12-19)8-5-9-18(11-16)10-15(20)17-13-6-3-4-7-14(13)21-2/h3-4,6-7,19H,5,8-12H2,1-2H3,(H,17,20). The number of hydrogen-bond donors (Lipinski definition) is 2. The maximum Gasteiger partial charge on any atom is 0.238 e. The molecule has 1 aromatic carbocycles. The Labute approximate surface area is 125 Å². The number of anilines is 1. The summed E-state index contributed by atoms with van der Waals surface area (Å²) in [4.78, 5) is 14.3. The highest BCUT2D eigenvalue weighted by molar-refractivity contribution is 5.93. The molecule has 21 heavy (non-hydrogen) atoms. The van der Waals surface area contributed by atoms with E-state index in [1.807, 2.05) is 24.3 Å². The first-order valence-corrected chi connectivity index (χ1v) is 7.32. The molecule has 0 bridgehead atoms. The van der Waals surface area contributed by atoms with E-state index in [-0.39, 0.29) is 17.9 Å². The van der Waals surface area contributed by atoms with E-state index in [4.69, 9.17) is 4.74 Å². The minimum absolute atomic E-state index is 0.0540. The molecule has 0 saturated carbocycles. The number of ether oxygens (including phenoxy) is 1. The molecule has 5 heteroatoms. The summed E-state index contributed by atoms with van der Waals surface area (Å²) in [5.74, 6) is 0.603. The van der Waals surface area contributed by atoms with Gasteiger partial charge in [0.05, 0.1) is 19.3 Å². The summed E-state index contributed by atoms with van der Waals surface area (Å²) in [5, 5.41) is 12.3. The first kappa shape index (κ1) is 15.8. The van der Waals surface area contributed by atoms with Crippen molar-refractivity contribution in [3.63, 3.8) is 0 Å². The van der Waals surface area contributed by atoms with Crippen LogP contribution < -0.4 is 10.1 Å². The van der Waals surface area contributed by atoms with Crippen molar-refractivity contribution < 1.29 is 14.6 Å². The molecule has 0 radical (unpaired) electrons. The van der Waals surface area contributed by atoms with Crippen LogP contribution in [0.3, 0.4) is 0 Å². The molecule has 116 valence electrons. The predicted octanol–water partition coefficient (Wildman–Crippen LogP) is 1.73. The maximum atomic E-state index is 12.2. The molecule has 1 saturated heterocycles. The van der Waals surface area contributed by atoms with Crippen molar-refractivity contribution in [2.24, 2.45) is 5.41 Å². The number of aliphatic hydroxyl groups is 1. The summed E-state index contributed by atoms with van der Waals surface area (Å²) < 4.78 is 5.23. The van der Waals surface area contributed by atoms with Crippen LogP contribution in [0.4, 0.5) is 5.69 Å². The summed E-state index contributed by atoms with van der Waals surface area (Å²) in [5.41, 5.74) is 0.593. The number of hydrogen-bond acceptors (Lipinski definition) is 4. The van der Waals surface area contributed by atoms with E-state index in [9.17, 15) is 9.90 Å². The van der Waals surface area contributed by atoms with E-state index in [0.29, 0.717) is 18.0 Å². The fraction of sp³-hybridized carbons (Fsp3) is 0.562. The minimum Gasteiger partial charge on any atom is -0.495 e. The Morgan fingerprint density at radius 3 is 2.95 bits per heavy atom. The Morgan fingerprint density at radius 1 is 1.48 bits per heavy atom. The molecule has 0 spiro atoms.